The van der Waals surface area contributed by atoms with Crippen LogP contribution in [0.5, 0.6) is 0 Å². The average Bonchev–Trinajstić information content (AvgIpc) is 2.84. The van der Waals surface area contributed by atoms with Gasteiger partial charge in [0.2, 0.25) is 0 Å². The minimum absolute atomic E-state index is 0.913. The van der Waals surface area contributed by atoms with E-state index in [-0.39, 0.29) is 0 Å². The Hall–Kier alpha value is -1.38. The Bertz CT molecular complexity index is 366. The quantitative estimate of drug-likeness (QED) is 0.812. The maximum atomic E-state index is 6.18. The first-order valence-corrected chi connectivity index (χ1v) is 6.65. The first-order chi connectivity index (χ1) is 8.26. The van der Waals surface area contributed by atoms with E-state index in [0.717, 1.165) is 31.9 Å². The number of nitrogens with two attached hydrogens (primary N) is 1. The van der Waals surface area contributed by atoms with Gasteiger partial charge in [-0.2, -0.15) is 0 Å². The van der Waals surface area contributed by atoms with E-state index in [0.29, 0.717) is 0 Å². The Kier molecular flexibility index (Phi) is 3.77. The van der Waals surface area contributed by atoms with E-state index in [9.17, 15) is 0 Å². The smallest absolute Gasteiger partial charge is 0.0601 e. The lowest BCUT2D eigenvalue weighted by Crippen LogP contribution is -2.23. The van der Waals surface area contributed by atoms with Gasteiger partial charge in [0.1, 0.15) is 0 Å². The van der Waals surface area contributed by atoms with Gasteiger partial charge in [-0.1, -0.05) is 0 Å². The number of nitrogen functional groups attached to an aromatic ring is 1. The number of benzene rings is 1. The van der Waals surface area contributed by atoms with Gasteiger partial charge < -0.3 is 15.5 Å². The van der Waals surface area contributed by atoms with E-state index in [1.165, 1.54) is 24.2 Å². The molecule has 0 bridgehead atoms. The molecule has 0 aliphatic carbocycles. The molecule has 2 N–H and O–H groups in total. The third-order valence-electron chi connectivity index (χ3n) is 3.59. The molecule has 0 radical (unpaired) electrons. The maximum Gasteiger partial charge on any atom is 0.0601 e. The van der Waals surface area contributed by atoms with Crippen molar-refractivity contribution in [2.45, 2.75) is 26.7 Å². The number of nitrogens with zero attached hydrogens (tertiary/aromatic N) is 2. The fraction of sp³-hybridized carbons (Fsp3) is 0.571. The van der Waals surface area contributed by atoms with Crippen LogP contribution in [-0.4, -0.2) is 26.2 Å². The summed E-state index contributed by atoms with van der Waals surface area (Å²) >= 11 is 0. The summed E-state index contributed by atoms with van der Waals surface area (Å²) in [6.45, 7) is 8.70. The number of rotatable bonds is 4. The highest BCUT2D eigenvalue weighted by atomic mass is 15.2. The summed E-state index contributed by atoms with van der Waals surface area (Å²) in [5, 5.41) is 0. The molecule has 0 aromatic heterocycles. The molecule has 1 aliphatic rings. The largest absolute Gasteiger partial charge is 0.397 e. The van der Waals surface area contributed by atoms with Crippen molar-refractivity contribution in [2.75, 3.05) is 41.7 Å². The van der Waals surface area contributed by atoms with Crippen molar-refractivity contribution in [3.63, 3.8) is 0 Å². The summed E-state index contributed by atoms with van der Waals surface area (Å²) in [6, 6.07) is 6.48. The summed E-state index contributed by atoms with van der Waals surface area (Å²) in [7, 11) is 0. The summed E-state index contributed by atoms with van der Waals surface area (Å²) in [5.41, 5.74) is 9.53. The van der Waals surface area contributed by atoms with Crippen molar-refractivity contribution in [2.24, 2.45) is 0 Å². The predicted molar refractivity (Wildman–Crippen MR) is 75.9 cm³/mol. The molecule has 0 unspecified atom stereocenters. The Morgan fingerprint density at radius 3 is 2.35 bits per heavy atom. The second kappa shape index (κ2) is 5.30. The van der Waals surface area contributed by atoms with Crippen LogP contribution < -0.4 is 15.5 Å². The third-order valence-corrected chi connectivity index (χ3v) is 3.59. The minimum Gasteiger partial charge on any atom is -0.397 e. The van der Waals surface area contributed by atoms with Gasteiger partial charge in [-0.3, -0.25) is 0 Å². The van der Waals surface area contributed by atoms with Crippen LogP contribution in [0.3, 0.4) is 0 Å². The minimum atomic E-state index is 0.913. The molecule has 17 heavy (non-hydrogen) atoms. The van der Waals surface area contributed by atoms with Gasteiger partial charge in [-0.25, -0.2) is 0 Å². The van der Waals surface area contributed by atoms with Crippen LogP contribution in [0.15, 0.2) is 18.2 Å². The van der Waals surface area contributed by atoms with Gasteiger partial charge in [-0.15, -0.1) is 0 Å². The summed E-state index contributed by atoms with van der Waals surface area (Å²) in [6.07, 6.45) is 2.58. The van der Waals surface area contributed by atoms with Crippen LogP contribution in [-0.2, 0) is 0 Å². The monoisotopic (exact) mass is 233 g/mol. The van der Waals surface area contributed by atoms with Crippen molar-refractivity contribution >= 4 is 17.1 Å². The van der Waals surface area contributed by atoms with Crippen LogP contribution in [0.4, 0.5) is 17.1 Å². The van der Waals surface area contributed by atoms with Crippen LogP contribution in [0.1, 0.15) is 26.7 Å². The maximum absolute atomic E-state index is 6.18. The van der Waals surface area contributed by atoms with Gasteiger partial charge in [0.25, 0.3) is 0 Å². The van der Waals surface area contributed by atoms with Gasteiger partial charge in [0.05, 0.1) is 11.4 Å². The lowest BCUT2D eigenvalue weighted by atomic mass is 10.2. The van der Waals surface area contributed by atoms with Crippen LogP contribution in [0.25, 0.3) is 0 Å². The van der Waals surface area contributed by atoms with E-state index in [1.54, 1.807) is 0 Å². The highest BCUT2D eigenvalue weighted by Gasteiger charge is 2.15. The van der Waals surface area contributed by atoms with Crippen molar-refractivity contribution in [1.82, 2.24) is 0 Å². The molecular formula is C14H23N3. The average molecular weight is 233 g/mol. The molecule has 1 aromatic carbocycles. The fourth-order valence-electron chi connectivity index (χ4n) is 2.57. The molecule has 94 valence electrons. The lowest BCUT2D eigenvalue weighted by Gasteiger charge is -2.24. The molecule has 2 rings (SSSR count). The molecule has 3 nitrogen and oxygen atoms in total. The molecule has 0 amide bonds. The first-order valence-electron chi connectivity index (χ1n) is 6.65. The third kappa shape index (κ3) is 2.48. The predicted octanol–water partition coefficient (Wildman–Crippen LogP) is 2.72. The second-order valence-electron chi connectivity index (χ2n) is 4.61. The summed E-state index contributed by atoms with van der Waals surface area (Å²) in [5.74, 6) is 0. The molecule has 1 aliphatic heterocycles. The van der Waals surface area contributed by atoms with E-state index >= 15 is 0 Å². The highest BCUT2D eigenvalue weighted by molar-refractivity contribution is 5.73. The number of hydrogen-bond donors (Lipinski definition) is 1. The normalized spacial score (nSPS) is 15.3. The second-order valence-corrected chi connectivity index (χ2v) is 4.61. The lowest BCUT2D eigenvalue weighted by molar-refractivity contribution is 0.866. The number of anilines is 3. The van der Waals surface area contributed by atoms with Gasteiger partial charge in [0, 0.05) is 31.9 Å². The molecule has 3 heteroatoms. The van der Waals surface area contributed by atoms with Crippen molar-refractivity contribution in [3.05, 3.63) is 18.2 Å². The van der Waals surface area contributed by atoms with Crippen molar-refractivity contribution in [3.8, 4) is 0 Å². The molecule has 1 fully saturated rings. The summed E-state index contributed by atoms with van der Waals surface area (Å²) < 4.78 is 0. The fourth-order valence-corrected chi connectivity index (χ4v) is 2.57. The molecular weight excluding hydrogens is 210 g/mol. The highest BCUT2D eigenvalue weighted by Crippen LogP contribution is 2.30. The number of hydrogen-bond acceptors (Lipinski definition) is 3. The Morgan fingerprint density at radius 1 is 1.18 bits per heavy atom. The molecule has 1 saturated heterocycles. The van der Waals surface area contributed by atoms with Gasteiger partial charge in [0.15, 0.2) is 0 Å². The van der Waals surface area contributed by atoms with E-state index < -0.39 is 0 Å². The summed E-state index contributed by atoms with van der Waals surface area (Å²) in [4.78, 5) is 4.71. The van der Waals surface area contributed by atoms with Gasteiger partial charge >= 0.3 is 0 Å². The zero-order valence-corrected chi connectivity index (χ0v) is 10.9. The van der Waals surface area contributed by atoms with E-state index in [4.69, 9.17) is 5.73 Å². The van der Waals surface area contributed by atoms with Crippen LogP contribution in [0.2, 0.25) is 0 Å². The van der Waals surface area contributed by atoms with E-state index in [1.807, 2.05) is 0 Å². The van der Waals surface area contributed by atoms with E-state index in [2.05, 4.69) is 41.8 Å². The van der Waals surface area contributed by atoms with Crippen LogP contribution >= 0.6 is 0 Å². The van der Waals surface area contributed by atoms with Crippen molar-refractivity contribution < 1.29 is 0 Å². The first kappa shape index (κ1) is 12.1. The topological polar surface area (TPSA) is 32.5 Å². The molecule has 1 aromatic rings. The standard InChI is InChI=1S/C14H23N3/c1-3-16(4-2)12-7-8-14(13(15)11-12)17-9-5-6-10-17/h7-8,11H,3-6,9-10,15H2,1-2H3. The van der Waals surface area contributed by atoms with Crippen molar-refractivity contribution in [1.29, 1.82) is 0 Å². The Balaban J connectivity index is 2.21. The molecule has 0 saturated carbocycles. The zero-order valence-electron chi connectivity index (χ0n) is 10.9. The SMILES string of the molecule is CCN(CC)c1ccc(N2CCCC2)c(N)c1. The molecule has 1 heterocycles. The van der Waals surface area contributed by atoms with Gasteiger partial charge in [-0.05, 0) is 44.9 Å². The Morgan fingerprint density at radius 2 is 1.82 bits per heavy atom. The van der Waals surface area contributed by atoms with Crippen LogP contribution in [0, 0.1) is 0 Å². The molecule has 0 atom stereocenters. The Labute approximate surface area is 104 Å². The zero-order chi connectivity index (χ0) is 12.3. The molecule has 0 spiro atoms.